The van der Waals surface area contributed by atoms with Crippen LogP contribution in [0.25, 0.3) is 11.1 Å². The van der Waals surface area contributed by atoms with Gasteiger partial charge in [0.2, 0.25) is 11.8 Å². The van der Waals surface area contributed by atoms with E-state index in [1.165, 1.54) is 34.0 Å². The number of hydrogen-bond donors (Lipinski definition) is 2. The summed E-state index contributed by atoms with van der Waals surface area (Å²) < 4.78 is 0. The van der Waals surface area contributed by atoms with E-state index in [1.54, 1.807) is 0 Å². The molecule has 0 aromatic heterocycles. The Morgan fingerprint density at radius 1 is 0.793 bits per heavy atom. The summed E-state index contributed by atoms with van der Waals surface area (Å²) in [5.41, 5.74) is 7.77. The van der Waals surface area contributed by atoms with E-state index < -0.39 is 0 Å². The van der Waals surface area contributed by atoms with Crippen LogP contribution in [-0.2, 0) is 16.0 Å². The molecule has 2 N–H and O–H groups in total. The highest BCUT2D eigenvalue weighted by Crippen LogP contribution is 2.37. The van der Waals surface area contributed by atoms with Crippen LogP contribution >= 0.6 is 11.8 Å². The molecule has 1 aliphatic rings. The molecular weight excluding hydrogens is 380 g/mol. The first-order valence-electron chi connectivity index (χ1n) is 9.54. The van der Waals surface area contributed by atoms with Gasteiger partial charge in [0.05, 0.1) is 11.5 Å². The molecular formula is C24H22N2O2S. The SMILES string of the molecule is Cc1ccc(NC(=O)CSCC(=O)Nc2ccc3c(c2)Cc2ccccc2-3)cc1. The van der Waals surface area contributed by atoms with Crippen LogP contribution in [0.15, 0.2) is 66.7 Å². The minimum absolute atomic E-state index is 0.103. The Morgan fingerprint density at radius 3 is 2.17 bits per heavy atom. The van der Waals surface area contributed by atoms with Crippen molar-refractivity contribution in [2.45, 2.75) is 13.3 Å². The van der Waals surface area contributed by atoms with Crippen molar-refractivity contribution in [1.29, 1.82) is 0 Å². The quantitative estimate of drug-likeness (QED) is 0.483. The lowest BCUT2D eigenvalue weighted by molar-refractivity contribution is -0.114. The van der Waals surface area contributed by atoms with Gasteiger partial charge in [-0.1, -0.05) is 48.0 Å². The Hall–Kier alpha value is -3.05. The molecule has 1 aliphatic carbocycles. The molecule has 0 radical (unpaired) electrons. The first-order chi connectivity index (χ1) is 14.1. The number of benzene rings is 3. The Bertz CT molecular complexity index is 1060. The van der Waals surface area contributed by atoms with Gasteiger partial charge in [0.1, 0.15) is 0 Å². The molecule has 146 valence electrons. The number of anilines is 2. The molecule has 4 rings (SSSR count). The van der Waals surface area contributed by atoms with E-state index >= 15 is 0 Å². The fourth-order valence-electron chi connectivity index (χ4n) is 3.49. The summed E-state index contributed by atoms with van der Waals surface area (Å²) in [6.45, 7) is 2.00. The van der Waals surface area contributed by atoms with Gasteiger partial charge in [0, 0.05) is 11.4 Å². The van der Waals surface area contributed by atoms with Crippen LogP contribution in [0, 0.1) is 6.92 Å². The summed E-state index contributed by atoms with van der Waals surface area (Å²) in [4.78, 5) is 24.3. The fraction of sp³-hybridized carbons (Fsp3) is 0.167. The fourth-order valence-corrected chi connectivity index (χ4v) is 4.11. The second kappa shape index (κ2) is 8.53. The second-order valence-corrected chi connectivity index (χ2v) is 8.15. The maximum absolute atomic E-state index is 12.2. The van der Waals surface area contributed by atoms with Crippen LogP contribution in [0.4, 0.5) is 11.4 Å². The van der Waals surface area contributed by atoms with Gasteiger partial charge < -0.3 is 10.6 Å². The third-order valence-corrected chi connectivity index (χ3v) is 5.81. The van der Waals surface area contributed by atoms with Gasteiger partial charge in [-0.05, 0) is 59.9 Å². The first-order valence-corrected chi connectivity index (χ1v) is 10.7. The van der Waals surface area contributed by atoms with E-state index in [2.05, 4.69) is 41.0 Å². The molecule has 0 saturated heterocycles. The highest BCUT2D eigenvalue weighted by atomic mass is 32.2. The molecule has 4 nitrogen and oxygen atoms in total. The Labute approximate surface area is 174 Å². The Kier molecular flexibility index (Phi) is 5.67. The molecule has 0 heterocycles. The number of rotatable bonds is 6. The van der Waals surface area contributed by atoms with Crippen molar-refractivity contribution >= 4 is 35.0 Å². The number of fused-ring (bicyclic) bond motifs is 3. The number of hydrogen-bond acceptors (Lipinski definition) is 3. The van der Waals surface area contributed by atoms with Crippen LogP contribution in [0.1, 0.15) is 16.7 Å². The van der Waals surface area contributed by atoms with Crippen LogP contribution in [-0.4, -0.2) is 23.3 Å². The van der Waals surface area contributed by atoms with E-state index in [-0.39, 0.29) is 23.3 Å². The summed E-state index contributed by atoms with van der Waals surface area (Å²) in [7, 11) is 0. The van der Waals surface area contributed by atoms with Gasteiger partial charge in [-0.2, -0.15) is 0 Å². The molecule has 3 aromatic carbocycles. The van der Waals surface area contributed by atoms with Gasteiger partial charge in [0.15, 0.2) is 0 Å². The van der Waals surface area contributed by atoms with E-state index in [4.69, 9.17) is 0 Å². The van der Waals surface area contributed by atoms with Gasteiger partial charge in [0.25, 0.3) is 0 Å². The monoisotopic (exact) mass is 402 g/mol. The zero-order valence-corrected chi connectivity index (χ0v) is 17.0. The largest absolute Gasteiger partial charge is 0.325 e. The van der Waals surface area contributed by atoms with Gasteiger partial charge in [-0.15, -0.1) is 11.8 Å². The van der Waals surface area contributed by atoms with Crippen molar-refractivity contribution < 1.29 is 9.59 Å². The number of carbonyl (C=O) groups is 2. The van der Waals surface area contributed by atoms with E-state index in [1.807, 2.05) is 43.3 Å². The minimum Gasteiger partial charge on any atom is -0.325 e. The first kappa shape index (κ1) is 19.3. The molecule has 0 fully saturated rings. The standard InChI is InChI=1S/C24H22N2O2S/c1-16-6-8-19(9-7-16)25-23(27)14-29-15-24(28)26-20-10-11-22-18(13-20)12-17-4-2-3-5-21(17)22/h2-11,13H,12,14-15H2,1H3,(H,25,27)(H,26,28). The zero-order chi connectivity index (χ0) is 20.2. The molecule has 0 unspecified atom stereocenters. The zero-order valence-electron chi connectivity index (χ0n) is 16.2. The average molecular weight is 403 g/mol. The Morgan fingerprint density at radius 2 is 1.41 bits per heavy atom. The van der Waals surface area contributed by atoms with Crippen molar-refractivity contribution in [3.63, 3.8) is 0 Å². The molecule has 0 bridgehead atoms. The van der Waals surface area contributed by atoms with E-state index in [0.29, 0.717) is 0 Å². The lowest BCUT2D eigenvalue weighted by Gasteiger charge is -2.08. The van der Waals surface area contributed by atoms with Gasteiger partial charge in [-0.25, -0.2) is 0 Å². The Balaban J connectivity index is 1.26. The van der Waals surface area contributed by atoms with Gasteiger partial charge >= 0.3 is 0 Å². The number of amides is 2. The predicted octanol–water partition coefficient (Wildman–Crippen LogP) is 4.88. The van der Waals surface area contributed by atoms with E-state index in [9.17, 15) is 9.59 Å². The third-order valence-electron chi connectivity index (χ3n) is 4.88. The number of nitrogens with one attached hydrogen (secondary N) is 2. The molecule has 5 heteroatoms. The summed E-state index contributed by atoms with van der Waals surface area (Å²) in [5.74, 6) is 0.259. The molecule has 0 aliphatic heterocycles. The highest BCUT2D eigenvalue weighted by molar-refractivity contribution is 8.00. The topological polar surface area (TPSA) is 58.2 Å². The number of thioether (sulfide) groups is 1. The van der Waals surface area contributed by atoms with Crippen molar-refractivity contribution in [2.24, 2.45) is 0 Å². The summed E-state index contributed by atoms with van der Waals surface area (Å²) in [5, 5.41) is 5.77. The van der Waals surface area contributed by atoms with Crippen LogP contribution in [0.5, 0.6) is 0 Å². The van der Waals surface area contributed by atoms with Crippen LogP contribution in [0.3, 0.4) is 0 Å². The van der Waals surface area contributed by atoms with E-state index in [0.717, 1.165) is 23.4 Å². The van der Waals surface area contributed by atoms with Crippen molar-refractivity contribution in [3.05, 3.63) is 83.4 Å². The summed E-state index contributed by atoms with van der Waals surface area (Å²) in [6.07, 6.45) is 0.892. The molecule has 0 spiro atoms. The molecule has 0 saturated carbocycles. The molecule has 0 atom stereocenters. The van der Waals surface area contributed by atoms with Crippen molar-refractivity contribution in [1.82, 2.24) is 0 Å². The third kappa shape index (κ3) is 4.69. The van der Waals surface area contributed by atoms with Crippen LogP contribution < -0.4 is 10.6 Å². The normalized spacial score (nSPS) is 11.5. The summed E-state index contributed by atoms with van der Waals surface area (Å²) >= 11 is 1.30. The average Bonchev–Trinajstić information content (AvgIpc) is 3.07. The van der Waals surface area contributed by atoms with Crippen LogP contribution in [0.2, 0.25) is 0 Å². The maximum atomic E-state index is 12.2. The maximum Gasteiger partial charge on any atom is 0.234 e. The number of carbonyl (C=O) groups excluding carboxylic acids is 2. The minimum atomic E-state index is -0.109. The van der Waals surface area contributed by atoms with Crippen molar-refractivity contribution in [2.75, 3.05) is 22.1 Å². The lowest BCUT2D eigenvalue weighted by atomic mass is 10.1. The highest BCUT2D eigenvalue weighted by Gasteiger charge is 2.18. The van der Waals surface area contributed by atoms with Gasteiger partial charge in [-0.3, -0.25) is 9.59 Å². The molecule has 3 aromatic rings. The number of aryl methyl sites for hydroxylation is 1. The lowest BCUT2D eigenvalue weighted by Crippen LogP contribution is -2.18. The molecule has 29 heavy (non-hydrogen) atoms. The van der Waals surface area contributed by atoms with Crippen molar-refractivity contribution in [3.8, 4) is 11.1 Å². The summed E-state index contributed by atoms with van der Waals surface area (Å²) in [6, 6.07) is 22.1. The predicted molar refractivity (Wildman–Crippen MR) is 120 cm³/mol. The molecule has 2 amide bonds. The smallest absolute Gasteiger partial charge is 0.234 e. The second-order valence-electron chi connectivity index (χ2n) is 7.16.